The smallest absolute Gasteiger partial charge is 0.319 e. The van der Waals surface area contributed by atoms with E-state index in [-0.39, 0.29) is 12.2 Å². The summed E-state index contributed by atoms with van der Waals surface area (Å²) in [6, 6.07) is 9.46. The Balaban J connectivity index is 1.89. The second-order valence-corrected chi connectivity index (χ2v) is 5.66. The van der Waals surface area contributed by atoms with Crippen molar-refractivity contribution in [1.82, 2.24) is 5.32 Å². The quantitative estimate of drug-likeness (QED) is 0.551. The maximum absolute atomic E-state index is 11.8. The van der Waals surface area contributed by atoms with Gasteiger partial charge in [-0.15, -0.1) is 0 Å². The van der Waals surface area contributed by atoms with Crippen LogP contribution in [0.4, 0.5) is 16.2 Å². The Bertz CT molecular complexity index is 753. The van der Waals surface area contributed by atoms with E-state index < -0.39 is 17.1 Å². The summed E-state index contributed by atoms with van der Waals surface area (Å²) in [4.78, 5) is 21.8. The fourth-order valence-corrected chi connectivity index (χ4v) is 2.45. The number of anilines is 1. The van der Waals surface area contributed by atoms with Crippen molar-refractivity contribution in [2.75, 3.05) is 11.9 Å². The van der Waals surface area contributed by atoms with Crippen LogP contribution in [-0.2, 0) is 0 Å². The molecule has 126 valence electrons. The van der Waals surface area contributed by atoms with Crippen molar-refractivity contribution in [2.45, 2.75) is 6.10 Å². The zero-order valence-corrected chi connectivity index (χ0v) is 13.7. The van der Waals surface area contributed by atoms with Crippen LogP contribution in [0.3, 0.4) is 0 Å². The number of rotatable bonds is 5. The van der Waals surface area contributed by atoms with Gasteiger partial charge in [-0.3, -0.25) is 10.1 Å². The standard InChI is InChI=1S/C15H13Cl2N3O4/c16-9-1-6-12(13(17)7-9)14(21)8-18-15(22)19-10-2-4-11(5-3-10)20(23)24/h1-7,14,21H,8H2,(H2,18,19,22). The van der Waals surface area contributed by atoms with E-state index >= 15 is 0 Å². The Morgan fingerprint density at radius 3 is 2.46 bits per heavy atom. The fourth-order valence-electron chi connectivity index (χ4n) is 1.91. The lowest BCUT2D eigenvalue weighted by molar-refractivity contribution is -0.384. The third kappa shape index (κ3) is 4.82. The summed E-state index contributed by atoms with van der Waals surface area (Å²) in [6.07, 6.45) is -1.00. The summed E-state index contributed by atoms with van der Waals surface area (Å²) in [6.45, 7) is -0.0693. The molecular formula is C15H13Cl2N3O4. The zero-order chi connectivity index (χ0) is 17.7. The van der Waals surface area contributed by atoms with Crippen molar-refractivity contribution >= 4 is 40.6 Å². The molecule has 0 spiro atoms. The Morgan fingerprint density at radius 2 is 1.88 bits per heavy atom. The number of carbonyl (C=O) groups is 1. The molecule has 1 unspecified atom stereocenters. The molecular weight excluding hydrogens is 357 g/mol. The van der Waals surface area contributed by atoms with Gasteiger partial charge in [0.1, 0.15) is 0 Å². The molecule has 2 amide bonds. The summed E-state index contributed by atoms with van der Waals surface area (Å²) in [7, 11) is 0. The summed E-state index contributed by atoms with van der Waals surface area (Å²) in [5, 5.41) is 26.3. The highest BCUT2D eigenvalue weighted by Gasteiger charge is 2.13. The van der Waals surface area contributed by atoms with Gasteiger partial charge < -0.3 is 15.7 Å². The van der Waals surface area contributed by atoms with Crippen LogP contribution in [0.1, 0.15) is 11.7 Å². The van der Waals surface area contributed by atoms with Crippen LogP contribution in [0.5, 0.6) is 0 Å². The lowest BCUT2D eigenvalue weighted by Gasteiger charge is -2.14. The number of nitro groups is 1. The van der Waals surface area contributed by atoms with Crippen molar-refractivity contribution in [2.24, 2.45) is 0 Å². The average molecular weight is 370 g/mol. The number of nitro benzene ring substituents is 1. The lowest BCUT2D eigenvalue weighted by Crippen LogP contribution is -2.32. The summed E-state index contributed by atoms with van der Waals surface area (Å²) < 4.78 is 0. The number of hydrogen-bond acceptors (Lipinski definition) is 4. The molecule has 0 aliphatic rings. The van der Waals surface area contributed by atoms with E-state index in [4.69, 9.17) is 23.2 Å². The van der Waals surface area contributed by atoms with Gasteiger partial charge in [0.25, 0.3) is 5.69 Å². The number of benzene rings is 2. The second-order valence-electron chi connectivity index (χ2n) is 4.82. The minimum Gasteiger partial charge on any atom is -0.387 e. The zero-order valence-electron chi connectivity index (χ0n) is 12.2. The molecule has 0 saturated heterocycles. The molecule has 2 aromatic carbocycles. The van der Waals surface area contributed by atoms with Crippen LogP contribution >= 0.6 is 23.2 Å². The number of hydrogen-bond donors (Lipinski definition) is 3. The Kier molecular flexibility index (Phi) is 5.97. The molecule has 7 nitrogen and oxygen atoms in total. The Labute approximate surface area is 147 Å². The predicted molar refractivity (Wildman–Crippen MR) is 91.5 cm³/mol. The van der Waals surface area contributed by atoms with E-state index in [1.54, 1.807) is 12.1 Å². The van der Waals surface area contributed by atoms with Gasteiger partial charge in [-0.1, -0.05) is 29.3 Å². The topological polar surface area (TPSA) is 104 Å². The summed E-state index contributed by atoms with van der Waals surface area (Å²) in [5.74, 6) is 0. The lowest BCUT2D eigenvalue weighted by atomic mass is 10.1. The molecule has 1 atom stereocenters. The van der Waals surface area contributed by atoms with Crippen molar-refractivity contribution in [3.05, 3.63) is 68.2 Å². The van der Waals surface area contributed by atoms with Crippen LogP contribution < -0.4 is 10.6 Å². The number of carbonyl (C=O) groups excluding carboxylic acids is 1. The van der Waals surface area contributed by atoms with Crippen molar-refractivity contribution in [1.29, 1.82) is 0 Å². The van der Waals surface area contributed by atoms with E-state index in [9.17, 15) is 20.0 Å². The average Bonchev–Trinajstić information content (AvgIpc) is 2.53. The molecule has 0 radical (unpaired) electrons. The molecule has 9 heteroatoms. The van der Waals surface area contributed by atoms with Gasteiger partial charge in [-0.25, -0.2) is 4.79 Å². The van der Waals surface area contributed by atoms with E-state index in [1.807, 2.05) is 0 Å². The molecule has 0 aromatic heterocycles. The largest absolute Gasteiger partial charge is 0.387 e. The Hall–Kier alpha value is -2.35. The van der Waals surface area contributed by atoms with E-state index in [0.29, 0.717) is 21.3 Å². The van der Waals surface area contributed by atoms with Gasteiger partial charge in [-0.2, -0.15) is 0 Å². The molecule has 0 aliphatic heterocycles. The molecule has 0 aliphatic carbocycles. The monoisotopic (exact) mass is 369 g/mol. The van der Waals surface area contributed by atoms with E-state index in [1.165, 1.54) is 30.3 Å². The molecule has 0 bridgehead atoms. The van der Waals surface area contributed by atoms with Gasteiger partial charge >= 0.3 is 6.03 Å². The van der Waals surface area contributed by atoms with Crippen molar-refractivity contribution in [3.8, 4) is 0 Å². The van der Waals surface area contributed by atoms with Crippen LogP contribution in [0.25, 0.3) is 0 Å². The van der Waals surface area contributed by atoms with E-state index in [0.717, 1.165) is 0 Å². The normalized spacial score (nSPS) is 11.6. The summed E-state index contributed by atoms with van der Waals surface area (Å²) in [5.41, 5.74) is 0.752. The SMILES string of the molecule is O=C(NCC(O)c1ccc(Cl)cc1Cl)Nc1ccc([N+](=O)[O-])cc1. The van der Waals surface area contributed by atoms with Crippen molar-refractivity contribution in [3.63, 3.8) is 0 Å². The minimum absolute atomic E-state index is 0.0693. The maximum atomic E-state index is 11.8. The second kappa shape index (κ2) is 7.96. The number of halogens is 2. The Morgan fingerprint density at radius 1 is 1.21 bits per heavy atom. The van der Waals surface area contributed by atoms with E-state index in [2.05, 4.69) is 10.6 Å². The van der Waals surface area contributed by atoms with Gasteiger partial charge in [0.05, 0.1) is 11.0 Å². The fraction of sp³-hybridized carbons (Fsp3) is 0.133. The predicted octanol–water partition coefficient (Wildman–Crippen LogP) is 3.76. The number of nitrogens with zero attached hydrogens (tertiary/aromatic N) is 1. The van der Waals surface area contributed by atoms with Gasteiger partial charge in [0.2, 0.25) is 0 Å². The number of aliphatic hydroxyl groups is 1. The third-order valence-electron chi connectivity index (χ3n) is 3.11. The highest BCUT2D eigenvalue weighted by atomic mass is 35.5. The molecule has 0 fully saturated rings. The highest BCUT2D eigenvalue weighted by Crippen LogP contribution is 2.26. The van der Waals surface area contributed by atoms with Gasteiger partial charge in [0, 0.05) is 40.0 Å². The van der Waals surface area contributed by atoms with Crippen LogP contribution in [0.15, 0.2) is 42.5 Å². The number of non-ortho nitro benzene ring substituents is 1. The molecule has 0 heterocycles. The maximum Gasteiger partial charge on any atom is 0.319 e. The molecule has 2 rings (SSSR count). The summed E-state index contributed by atoms with van der Waals surface area (Å²) >= 11 is 11.8. The third-order valence-corrected chi connectivity index (χ3v) is 3.68. The highest BCUT2D eigenvalue weighted by molar-refractivity contribution is 6.35. The molecule has 0 saturated carbocycles. The molecule has 24 heavy (non-hydrogen) atoms. The first kappa shape index (κ1) is 18.0. The van der Waals surface area contributed by atoms with Gasteiger partial charge in [-0.05, 0) is 24.3 Å². The number of urea groups is 1. The molecule has 2 aromatic rings. The van der Waals surface area contributed by atoms with Crippen LogP contribution in [0, 0.1) is 10.1 Å². The molecule has 3 N–H and O–H groups in total. The number of amides is 2. The first-order chi connectivity index (χ1) is 11.4. The van der Waals surface area contributed by atoms with Crippen LogP contribution in [0.2, 0.25) is 10.0 Å². The van der Waals surface area contributed by atoms with Crippen molar-refractivity contribution < 1.29 is 14.8 Å². The number of nitrogens with one attached hydrogen (secondary N) is 2. The first-order valence-corrected chi connectivity index (χ1v) is 7.54. The van der Waals surface area contributed by atoms with Gasteiger partial charge in [0.15, 0.2) is 0 Å². The minimum atomic E-state index is -1.00. The number of aliphatic hydroxyl groups excluding tert-OH is 1. The first-order valence-electron chi connectivity index (χ1n) is 6.79. The van der Waals surface area contributed by atoms with Crippen LogP contribution in [-0.4, -0.2) is 22.6 Å².